The highest BCUT2D eigenvalue weighted by atomic mass is 16.6. The average Bonchev–Trinajstić information content (AvgIpc) is 2.78. The summed E-state index contributed by atoms with van der Waals surface area (Å²) in [7, 11) is 0. The summed E-state index contributed by atoms with van der Waals surface area (Å²) in [4.78, 5) is 51.2. The van der Waals surface area contributed by atoms with E-state index in [-0.39, 0.29) is 30.4 Å². The van der Waals surface area contributed by atoms with Crippen LogP contribution in [-0.4, -0.2) is 42.5 Å². The molecule has 1 aliphatic rings. The largest absolute Gasteiger partial charge is 0.465 e. The smallest absolute Gasteiger partial charge is 0.412 e. The minimum absolute atomic E-state index is 0.00820. The maximum atomic E-state index is 13.2. The van der Waals surface area contributed by atoms with E-state index in [0.717, 1.165) is 12.0 Å². The van der Waals surface area contributed by atoms with Crippen LogP contribution >= 0.6 is 0 Å². The Morgan fingerprint density at radius 3 is 2.28 bits per heavy atom. The van der Waals surface area contributed by atoms with Crippen molar-refractivity contribution >= 4 is 29.4 Å². The van der Waals surface area contributed by atoms with Gasteiger partial charge in [0.15, 0.2) is 0 Å². The molecule has 2 aromatic rings. The van der Waals surface area contributed by atoms with Crippen molar-refractivity contribution in [3.8, 4) is 0 Å². The minimum Gasteiger partial charge on any atom is -0.465 e. The van der Waals surface area contributed by atoms with E-state index in [1.165, 1.54) is 12.1 Å². The van der Waals surface area contributed by atoms with E-state index in [2.05, 4.69) is 10.6 Å². The highest BCUT2D eigenvalue weighted by molar-refractivity contribution is 6.44. The van der Waals surface area contributed by atoms with Crippen LogP contribution in [0.4, 0.5) is 10.5 Å². The molecule has 0 aromatic heterocycles. The Balaban J connectivity index is 1.86. The van der Waals surface area contributed by atoms with Gasteiger partial charge < -0.3 is 14.8 Å². The van der Waals surface area contributed by atoms with Crippen LogP contribution in [0.5, 0.6) is 0 Å². The second kappa shape index (κ2) is 11.4. The molecule has 8 heteroatoms. The predicted octanol–water partition coefficient (Wildman–Crippen LogP) is 4.56. The fraction of sp³-hybridized carbons (Fsp3) is 0.429. The molecule has 0 heterocycles. The highest BCUT2D eigenvalue weighted by Crippen LogP contribution is 2.45. The van der Waals surface area contributed by atoms with E-state index in [9.17, 15) is 19.2 Å². The Labute approximate surface area is 211 Å². The van der Waals surface area contributed by atoms with Crippen LogP contribution in [0.1, 0.15) is 68.4 Å². The number of ether oxygens (including phenoxy) is 2. The molecule has 0 aliphatic heterocycles. The fourth-order valence-electron chi connectivity index (χ4n) is 4.13. The average molecular weight is 495 g/mol. The summed E-state index contributed by atoms with van der Waals surface area (Å²) in [5.74, 6) is -1.96. The molecule has 0 bridgehead atoms. The summed E-state index contributed by atoms with van der Waals surface area (Å²) in [5.41, 5.74) is 0.131. The van der Waals surface area contributed by atoms with Gasteiger partial charge in [-0.2, -0.15) is 0 Å². The standard InChI is InChI=1S/C28H34N2O6/c1-5-35-25(33)28(15-9-16-28)20-12-13-22(30-26(34)36-27(2,3)4)21(18-20)23(31)24(32)29-17-14-19-10-7-6-8-11-19/h6-8,10-13,18H,5,9,14-17H2,1-4H3,(H,29,32)(H,30,34). The van der Waals surface area contributed by atoms with Gasteiger partial charge in [0.2, 0.25) is 0 Å². The lowest BCUT2D eigenvalue weighted by Crippen LogP contribution is -2.44. The van der Waals surface area contributed by atoms with Gasteiger partial charge in [0.1, 0.15) is 5.60 Å². The van der Waals surface area contributed by atoms with Crippen LogP contribution in [0.25, 0.3) is 0 Å². The van der Waals surface area contributed by atoms with E-state index in [1.807, 2.05) is 30.3 Å². The van der Waals surface area contributed by atoms with Gasteiger partial charge in [0.05, 0.1) is 23.3 Å². The second-order valence-corrected chi connectivity index (χ2v) is 9.86. The van der Waals surface area contributed by atoms with Crippen molar-refractivity contribution in [3.63, 3.8) is 0 Å². The zero-order valence-corrected chi connectivity index (χ0v) is 21.3. The lowest BCUT2D eigenvalue weighted by molar-refractivity contribution is -0.153. The third-order valence-electron chi connectivity index (χ3n) is 6.07. The van der Waals surface area contributed by atoms with Crippen LogP contribution in [0.2, 0.25) is 0 Å². The molecule has 1 fully saturated rings. The third kappa shape index (κ3) is 6.50. The van der Waals surface area contributed by atoms with E-state index < -0.39 is 28.8 Å². The molecule has 0 radical (unpaired) electrons. The Bertz CT molecular complexity index is 1120. The number of carbonyl (C=O) groups is 4. The molecular weight excluding hydrogens is 460 g/mol. The number of esters is 1. The number of hydrogen-bond donors (Lipinski definition) is 2. The van der Waals surface area contributed by atoms with Gasteiger partial charge >= 0.3 is 12.1 Å². The van der Waals surface area contributed by atoms with Crippen LogP contribution in [-0.2, 0) is 30.9 Å². The Morgan fingerprint density at radius 1 is 1.00 bits per heavy atom. The maximum absolute atomic E-state index is 13.2. The van der Waals surface area contributed by atoms with Gasteiger partial charge in [-0.25, -0.2) is 4.79 Å². The predicted molar refractivity (Wildman–Crippen MR) is 136 cm³/mol. The lowest BCUT2D eigenvalue weighted by atomic mass is 9.64. The fourth-order valence-corrected chi connectivity index (χ4v) is 4.13. The van der Waals surface area contributed by atoms with Gasteiger partial charge in [-0.05, 0) is 70.2 Å². The molecule has 2 amide bonds. The summed E-state index contributed by atoms with van der Waals surface area (Å²) in [5, 5.41) is 5.23. The quantitative estimate of drug-likeness (QED) is 0.300. The molecule has 8 nitrogen and oxygen atoms in total. The van der Waals surface area contributed by atoms with E-state index in [4.69, 9.17) is 9.47 Å². The van der Waals surface area contributed by atoms with Gasteiger partial charge in [-0.1, -0.05) is 42.8 Å². The Hall–Kier alpha value is -3.68. The van der Waals surface area contributed by atoms with Crippen LogP contribution in [0.15, 0.2) is 48.5 Å². The third-order valence-corrected chi connectivity index (χ3v) is 6.07. The number of benzene rings is 2. The minimum atomic E-state index is -0.862. The van der Waals surface area contributed by atoms with Crippen molar-refractivity contribution in [2.24, 2.45) is 0 Å². The van der Waals surface area contributed by atoms with Crippen molar-refractivity contribution in [2.75, 3.05) is 18.5 Å². The monoisotopic (exact) mass is 494 g/mol. The number of amides is 2. The maximum Gasteiger partial charge on any atom is 0.412 e. The van der Waals surface area contributed by atoms with E-state index in [0.29, 0.717) is 24.8 Å². The lowest BCUT2D eigenvalue weighted by Gasteiger charge is -2.39. The van der Waals surface area contributed by atoms with Crippen molar-refractivity contribution in [3.05, 3.63) is 65.2 Å². The van der Waals surface area contributed by atoms with Crippen molar-refractivity contribution in [1.29, 1.82) is 0 Å². The van der Waals surface area contributed by atoms with Crippen molar-refractivity contribution in [1.82, 2.24) is 5.32 Å². The summed E-state index contributed by atoms with van der Waals surface area (Å²) in [6, 6.07) is 14.3. The van der Waals surface area contributed by atoms with Gasteiger partial charge in [-0.3, -0.25) is 19.7 Å². The number of nitrogens with one attached hydrogen (secondary N) is 2. The topological polar surface area (TPSA) is 111 Å². The molecule has 0 atom stereocenters. The van der Waals surface area contributed by atoms with Crippen molar-refractivity contribution in [2.45, 2.75) is 64.4 Å². The number of Topliss-reactive ketones (excluding diaryl/α,β-unsaturated/α-hetero) is 1. The second-order valence-electron chi connectivity index (χ2n) is 9.86. The molecule has 36 heavy (non-hydrogen) atoms. The van der Waals surface area contributed by atoms with Gasteiger partial charge in [0, 0.05) is 6.54 Å². The molecule has 2 N–H and O–H groups in total. The van der Waals surface area contributed by atoms with Gasteiger partial charge in [0.25, 0.3) is 11.7 Å². The molecule has 1 saturated carbocycles. The number of anilines is 1. The molecule has 3 rings (SSSR count). The first-order valence-electron chi connectivity index (χ1n) is 12.2. The van der Waals surface area contributed by atoms with Crippen molar-refractivity contribution < 1.29 is 28.7 Å². The van der Waals surface area contributed by atoms with Gasteiger partial charge in [-0.15, -0.1) is 0 Å². The highest BCUT2D eigenvalue weighted by Gasteiger charge is 2.47. The first-order valence-corrected chi connectivity index (χ1v) is 12.2. The molecule has 0 spiro atoms. The Kier molecular flexibility index (Phi) is 8.50. The normalized spacial score (nSPS) is 14.2. The molecule has 0 unspecified atom stereocenters. The summed E-state index contributed by atoms with van der Waals surface area (Å²) in [6.45, 7) is 7.43. The number of carbonyl (C=O) groups excluding carboxylic acids is 4. The number of ketones is 1. The molecule has 2 aromatic carbocycles. The number of rotatable bonds is 9. The zero-order chi connectivity index (χ0) is 26.3. The van der Waals surface area contributed by atoms with E-state index in [1.54, 1.807) is 33.8 Å². The zero-order valence-electron chi connectivity index (χ0n) is 21.3. The Morgan fingerprint density at radius 2 is 1.69 bits per heavy atom. The SMILES string of the molecule is CCOC(=O)C1(c2ccc(NC(=O)OC(C)(C)C)c(C(=O)C(=O)NCCc3ccccc3)c2)CCC1. The van der Waals surface area contributed by atoms with Crippen LogP contribution < -0.4 is 10.6 Å². The molecule has 0 saturated heterocycles. The summed E-state index contributed by atoms with van der Waals surface area (Å²) in [6.07, 6.45) is 1.83. The summed E-state index contributed by atoms with van der Waals surface area (Å²) >= 11 is 0. The number of hydrogen-bond acceptors (Lipinski definition) is 6. The molecule has 192 valence electrons. The first kappa shape index (κ1) is 26.9. The van der Waals surface area contributed by atoms with E-state index >= 15 is 0 Å². The summed E-state index contributed by atoms with van der Waals surface area (Å²) < 4.78 is 10.6. The van der Waals surface area contributed by atoms with Crippen LogP contribution in [0.3, 0.4) is 0 Å². The first-order chi connectivity index (χ1) is 17.1. The molecular formula is C28H34N2O6. The molecule has 1 aliphatic carbocycles. The van der Waals surface area contributed by atoms with Crippen LogP contribution in [0, 0.1) is 0 Å².